The molecule has 0 atom stereocenters. The Bertz CT molecular complexity index is 833. The molecule has 5 heteroatoms. The van der Waals surface area contributed by atoms with Crippen LogP contribution in [-0.2, 0) is 13.0 Å². The Morgan fingerprint density at radius 1 is 0.923 bits per heavy atom. The highest BCUT2D eigenvalue weighted by molar-refractivity contribution is 6.30. The Hall–Kier alpha value is -2.85. The summed E-state index contributed by atoms with van der Waals surface area (Å²) in [4.78, 5) is 16.4. The zero-order valence-corrected chi connectivity index (χ0v) is 15.0. The number of halogens is 1. The summed E-state index contributed by atoms with van der Waals surface area (Å²) < 4.78 is 0. The lowest BCUT2D eigenvalue weighted by Crippen LogP contribution is -2.23. The summed E-state index contributed by atoms with van der Waals surface area (Å²) in [7, 11) is 0. The maximum Gasteiger partial charge on any atom is 0.270 e. The largest absolute Gasteiger partial charge is 0.383 e. The van der Waals surface area contributed by atoms with Gasteiger partial charge in [0.15, 0.2) is 0 Å². The minimum atomic E-state index is -0.179. The number of aromatic nitrogens is 1. The minimum Gasteiger partial charge on any atom is -0.383 e. The number of carbonyl (C=O) groups is 1. The predicted octanol–water partition coefficient (Wildman–Crippen LogP) is 4.32. The quantitative estimate of drug-likeness (QED) is 0.655. The second kappa shape index (κ2) is 9.02. The summed E-state index contributed by atoms with van der Waals surface area (Å²) in [6.45, 7) is 1.27. The van der Waals surface area contributed by atoms with Gasteiger partial charge < -0.3 is 10.6 Å². The van der Waals surface area contributed by atoms with Crippen molar-refractivity contribution in [3.05, 3.63) is 94.8 Å². The third kappa shape index (κ3) is 5.33. The van der Waals surface area contributed by atoms with Gasteiger partial charge in [0, 0.05) is 18.1 Å². The second-order valence-electron chi connectivity index (χ2n) is 5.90. The van der Waals surface area contributed by atoms with E-state index in [1.54, 1.807) is 12.3 Å². The summed E-state index contributed by atoms with van der Waals surface area (Å²) in [5.74, 6) is -0.179. The molecule has 0 saturated carbocycles. The number of carbonyl (C=O) groups excluding carboxylic acids is 1. The molecule has 2 aromatic carbocycles. The SMILES string of the molecule is O=C(NCc1ccccc1)c1ccc(NCCc2ccc(Cl)cc2)cn1. The number of hydrogen-bond acceptors (Lipinski definition) is 3. The third-order valence-electron chi connectivity index (χ3n) is 3.95. The molecule has 0 aliphatic carbocycles. The molecule has 3 aromatic rings. The molecular weight excluding hydrogens is 346 g/mol. The lowest BCUT2D eigenvalue weighted by Gasteiger charge is -2.08. The van der Waals surface area contributed by atoms with Gasteiger partial charge in [0.2, 0.25) is 0 Å². The second-order valence-corrected chi connectivity index (χ2v) is 6.34. The van der Waals surface area contributed by atoms with E-state index in [9.17, 15) is 4.79 Å². The van der Waals surface area contributed by atoms with E-state index in [0.29, 0.717) is 12.2 Å². The topological polar surface area (TPSA) is 54.0 Å². The van der Waals surface area contributed by atoms with Crippen LogP contribution in [-0.4, -0.2) is 17.4 Å². The highest BCUT2D eigenvalue weighted by Gasteiger charge is 2.06. The van der Waals surface area contributed by atoms with E-state index in [1.165, 1.54) is 5.56 Å². The molecule has 0 aliphatic heterocycles. The average molecular weight is 366 g/mol. The number of amides is 1. The smallest absolute Gasteiger partial charge is 0.270 e. The van der Waals surface area contributed by atoms with Gasteiger partial charge in [-0.3, -0.25) is 4.79 Å². The maximum atomic E-state index is 12.2. The standard InChI is InChI=1S/C21H20ClN3O/c22-18-8-6-16(7-9-18)12-13-23-19-10-11-20(24-15-19)21(26)25-14-17-4-2-1-3-5-17/h1-11,15,23H,12-14H2,(H,25,26). The summed E-state index contributed by atoms with van der Waals surface area (Å²) in [5, 5.41) is 6.92. The van der Waals surface area contributed by atoms with Crippen LogP contribution in [0.1, 0.15) is 21.6 Å². The molecule has 0 bridgehead atoms. The van der Waals surface area contributed by atoms with Crippen molar-refractivity contribution in [2.75, 3.05) is 11.9 Å². The Kier molecular flexibility index (Phi) is 6.23. The van der Waals surface area contributed by atoms with Gasteiger partial charge in [-0.05, 0) is 41.8 Å². The summed E-state index contributed by atoms with van der Waals surface area (Å²) in [5.41, 5.74) is 3.57. The van der Waals surface area contributed by atoms with Crippen molar-refractivity contribution < 1.29 is 4.79 Å². The Morgan fingerprint density at radius 3 is 2.38 bits per heavy atom. The molecule has 1 heterocycles. The van der Waals surface area contributed by atoms with Crippen LogP contribution in [0.4, 0.5) is 5.69 Å². The number of nitrogens with zero attached hydrogens (tertiary/aromatic N) is 1. The van der Waals surface area contributed by atoms with Crippen molar-refractivity contribution in [3.8, 4) is 0 Å². The van der Waals surface area contributed by atoms with Gasteiger partial charge in [-0.15, -0.1) is 0 Å². The van der Waals surface area contributed by atoms with Crippen molar-refractivity contribution in [2.24, 2.45) is 0 Å². The molecule has 0 aliphatic rings. The minimum absolute atomic E-state index is 0.179. The van der Waals surface area contributed by atoms with E-state index in [4.69, 9.17) is 11.6 Å². The van der Waals surface area contributed by atoms with Gasteiger partial charge in [0.1, 0.15) is 5.69 Å². The van der Waals surface area contributed by atoms with E-state index in [0.717, 1.165) is 29.2 Å². The van der Waals surface area contributed by atoms with Crippen LogP contribution in [0.2, 0.25) is 5.02 Å². The average Bonchev–Trinajstić information content (AvgIpc) is 2.69. The Morgan fingerprint density at radius 2 is 1.69 bits per heavy atom. The van der Waals surface area contributed by atoms with Crippen molar-refractivity contribution in [1.82, 2.24) is 10.3 Å². The van der Waals surface area contributed by atoms with Crippen LogP contribution in [0, 0.1) is 0 Å². The van der Waals surface area contributed by atoms with E-state index in [1.807, 2.05) is 60.7 Å². The number of anilines is 1. The molecule has 0 saturated heterocycles. The van der Waals surface area contributed by atoms with Crippen LogP contribution in [0.25, 0.3) is 0 Å². The fourth-order valence-corrected chi connectivity index (χ4v) is 2.63. The van der Waals surface area contributed by atoms with Crippen LogP contribution in [0.5, 0.6) is 0 Å². The predicted molar refractivity (Wildman–Crippen MR) is 105 cm³/mol. The lowest BCUT2D eigenvalue weighted by molar-refractivity contribution is 0.0946. The van der Waals surface area contributed by atoms with Crippen LogP contribution in [0.15, 0.2) is 72.9 Å². The zero-order valence-electron chi connectivity index (χ0n) is 14.3. The van der Waals surface area contributed by atoms with E-state index in [-0.39, 0.29) is 5.91 Å². The fourth-order valence-electron chi connectivity index (χ4n) is 2.50. The normalized spacial score (nSPS) is 10.3. The van der Waals surface area contributed by atoms with Crippen LogP contribution < -0.4 is 10.6 Å². The molecule has 0 fully saturated rings. The van der Waals surface area contributed by atoms with E-state index in [2.05, 4.69) is 15.6 Å². The molecule has 1 aromatic heterocycles. The van der Waals surface area contributed by atoms with E-state index >= 15 is 0 Å². The molecule has 4 nitrogen and oxygen atoms in total. The molecule has 26 heavy (non-hydrogen) atoms. The molecule has 132 valence electrons. The van der Waals surface area contributed by atoms with Gasteiger partial charge in [-0.1, -0.05) is 54.1 Å². The Labute approximate surface area is 158 Å². The first-order valence-corrected chi connectivity index (χ1v) is 8.85. The molecule has 3 rings (SSSR count). The van der Waals surface area contributed by atoms with E-state index < -0.39 is 0 Å². The summed E-state index contributed by atoms with van der Waals surface area (Å²) in [6.07, 6.45) is 2.57. The van der Waals surface area contributed by atoms with Crippen LogP contribution >= 0.6 is 11.6 Å². The van der Waals surface area contributed by atoms with Gasteiger partial charge in [-0.2, -0.15) is 0 Å². The van der Waals surface area contributed by atoms with Crippen molar-refractivity contribution in [1.29, 1.82) is 0 Å². The van der Waals surface area contributed by atoms with Crippen LogP contribution in [0.3, 0.4) is 0 Å². The van der Waals surface area contributed by atoms with Gasteiger partial charge in [-0.25, -0.2) is 4.98 Å². The molecule has 1 amide bonds. The maximum absolute atomic E-state index is 12.2. The zero-order chi connectivity index (χ0) is 18.2. The molecule has 0 radical (unpaired) electrons. The van der Waals surface area contributed by atoms with Crippen molar-refractivity contribution >= 4 is 23.2 Å². The van der Waals surface area contributed by atoms with Gasteiger partial charge in [0.25, 0.3) is 5.91 Å². The highest BCUT2D eigenvalue weighted by Crippen LogP contribution is 2.11. The fraction of sp³-hybridized carbons (Fsp3) is 0.143. The van der Waals surface area contributed by atoms with Crippen molar-refractivity contribution in [2.45, 2.75) is 13.0 Å². The number of pyridine rings is 1. The number of nitrogens with one attached hydrogen (secondary N) is 2. The summed E-state index contributed by atoms with van der Waals surface area (Å²) in [6, 6.07) is 21.2. The Balaban J connectivity index is 1.46. The first-order valence-electron chi connectivity index (χ1n) is 8.47. The molecular formula is C21H20ClN3O. The molecule has 0 spiro atoms. The van der Waals surface area contributed by atoms with Gasteiger partial charge in [0.05, 0.1) is 11.9 Å². The first-order chi connectivity index (χ1) is 12.7. The number of benzene rings is 2. The summed E-state index contributed by atoms with van der Waals surface area (Å²) >= 11 is 5.88. The van der Waals surface area contributed by atoms with Gasteiger partial charge >= 0.3 is 0 Å². The number of hydrogen-bond donors (Lipinski definition) is 2. The lowest BCUT2D eigenvalue weighted by atomic mass is 10.1. The monoisotopic (exact) mass is 365 g/mol. The van der Waals surface area contributed by atoms with Crippen molar-refractivity contribution in [3.63, 3.8) is 0 Å². The first kappa shape index (κ1) is 18.0. The molecule has 2 N–H and O–H groups in total. The third-order valence-corrected chi connectivity index (χ3v) is 4.20. The molecule has 0 unspecified atom stereocenters. The highest BCUT2D eigenvalue weighted by atomic mass is 35.5. The number of rotatable bonds is 7.